The van der Waals surface area contributed by atoms with Crippen LogP contribution < -0.4 is 0 Å². The molecular weight excluding hydrogens is 1480 g/mol. The van der Waals surface area contributed by atoms with Crippen LogP contribution in [0.25, 0.3) is 218 Å². The largest absolute Gasteiger partial charge is 0.0683 e. The molecule has 0 heteroatoms. The molecule has 0 heterocycles. The Morgan fingerprint density at radius 2 is 0.341 bits per heavy atom. The average Bonchev–Trinajstić information content (AvgIpc) is 0.734. The van der Waals surface area contributed by atoms with Crippen molar-refractivity contribution >= 4 is 151 Å². The summed E-state index contributed by atoms with van der Waals surface area (Å²) in [5.74, 6) is 0. The van der Waals surface area contributed by atoms with E-state index in [0.717, 1.165) is 0 Å². The molecule has 0 amide bonds. The van der Waals surface area contributed by atoms with Gasteiger partial charge in [-0.15, -0.1) is 0 Å². The van der Waals surface area contributed by atoms with Crippen molar-refractivity contribution in [2.24, 2.45) is 0 Å². The fourth-order valence-corrected chi connectivity index (χ4v) is 18.9. The molecule has 0 saturated carbocycles. The molecule has 0 bridgehead atoms. The first-order chi connectivity index (χ1) is 61.0. The maximum Gasteiger partial charge on any atom is -0.00141 e. The van der Waals surface area contributed by atoms with E-state index >= 15 is 0 Å². The number of aryl methyl sites for hydroxylation is 1. The van der Waals surface area contributed by atoms with E-state index in [0.29, 0.717) is 0 Å². The van der Waals surface area contributed by atoms with Gasteiger partial charge in [0.1, 0.15) is 0 Å². The van der Waals surface area contributed by atoms with Crippen molar-refractivity contribution in [3.05, 3.63) is 461 Å². The molecule has 0 fully saturated rings. The minimum absolute atomic E-state index is 1.26. The summed E-state index contributed by atoms with van der Waals surface area (Å²) in [5.41, 5.74) is 16.9. The van der Waals surface area contributed by atoms with E-state index in [1.165, 1.54) is 223 Å². The van der Waals surface area contributed by atoms with Gasteiger partial charge in [0.15, 0.2) is 0 Å². The molecule has 24 rings (SSSR count). The first-order valence-electron chi connectivity index (χ1n) is 43.6. The molecule has 0 nitrogen and oxygen atoms in total. The molecule has 0 aliphatic heterocycles. The maximum absolute atomic E-state index is 2.34. The van der Waals surface area contributed by atoms with Crippen LogP contribution in [0.1, 0.15) is 47.1 Å². The van der Waals surface area contributed by atoms with Crippen LogP contribution in [0.3, 0.4) is 0 Å². The van der Waals surface area contributed by atoms with E-state index in [1.807, 2.05) is 41.5 Å². The van der Waals surface area contributed by atoms with Gasteiger partial charge in [0.05, 0.1) is 0 Å². The minimum Gasteiger partial charge on any atom is -0.0683 e. The van der Waals surface area contributed by atoms with E-state index in [4.69, 9.17) is 0 Å². The molecule has 0 saturated heterocycles. The highest BCUT2D eigenvalue weighted by Gasteiger charge is 2.23. The van der Waals surface area contributed by atoms with E-state index in [2.05, 4.69) is 462 Å². The second-order valence-corrected chi connectivity index (χ2v) is 30.7. The standard InChI is InChI=1S/2C30H20.C29H20.C28H18.3C2H6/c2*1-3-12-22(13-4-1)28-25-17-9-10-18-26(25)29(23-14-5-2-6-15-23)30-24-16-8-7-11-21(24)19-20-27(28)30;1-19-24-11-6-7-13-26(24)29(23-15-14-20-8-2-3-10-22(20)18-23)27-17-16-21-9-4-5-12-25(21)28(19)27;1-2-9-21-17-23(14-13-19(21)7-1)28-25-12-6-4-10-22(25)18-27-24-11-5-3-8-20(24)15-16-26(27)28;3*1-2/h2*1-20H;2-18H,1H3;1-18H;3*1-2H3. The Kier molecular flexibility index (Phi) is 23.0. The first-order valence-corrected chi connectivity index (χ1v) is 43.6. The zero-order chi connectivity index (χ0) is 83.7. The van der Waals surface area contributed by atoms with E-state index in [-0.39, 0.29) is 0 Å². The number of benzene rings is 24. The van der Waals surface area contributed by atoms with Crippen molar-refractivity contribution in [3.8, 4) is 66.8 Å². The summed E-state index contributed by atoms with van der Waals surface area (Å²) in [6, 6.07) is 165. The molecule has 24 aromatic carbocycles. The Hall–Kier alpha value is -15.1. The lowest BCUT2D eigenvalue weighted by Gasteiger charge is -2.19. The van der Waals surface area contributed by atoms with Gasteiger partial charge in [0.25, 0.3) is 0 Å². The SMILES string of the molecule is CC.CC.CC.Cc1c2ccccc2c(-c2ccc3ccccc3c2)c2ccc3ccccc3c12.c1ccc(-c2c3ccccc3c(-c3ccccc3)c3c2ccc2ccccc23)cc1.c1ccc(-c2c3ccccc3c(-c3ccccc3)c3c2ccc2ccccc23)cc1.c1ccc2cc(-c3c4ccccc4cc4c3ccc3ccccc34)ccc2c1. The monoisotopic (exact) mass is 1570 g/mol. The quantitative estimate of drug-likeness (QED) is 0.115. The summed E-state index contributed by atoms with van der Waals surface area (Å²) in [4.78, 5) is 0. The lowest BCUT2D eigenvalue weighted by Crippen LogP contribution is -1.91. The third-order valence-electron chi connectivity index (χ3n) is 24.1. The zero-order valence-corrected chi connectivity index (χ0v) is 70.8. The van der Waals surface area contributed by atoms with Crippen LogP contribution in [-0.2, 0) is 0 Å². The lowest BCUT2D eigenvalue weighted by molar-refractivity contribution is 1.50. The first kappa shape index (κ1) is 79.1. The Labute approximate surface area is 721 Å². The van der Waals surface area contributed by atoms with Crippen LogP contribution in [0.15, 0.2) is 455 Å². The lowest BCUT2D eigenvalue weighted by atomic mass is 9.84. The summed E-state index contributed by atoms with van der Waals surface area (Å²) < 4.78 is 0. The smallest absolute Gasteiger partial charge is 0.00141 e. The molecule has 0 N–H and O–H groups in total. The second-order valence-electron chi connectivity index (χ2n) is 30.7. The molecule has 24 aromatic rings. The van der Waals surface area contributed by atoms with Gasteiger partial charge in [-0.05, 0) is 248 Å². The van der Waals surface area contributed by atoms with Gasteiger partial charge in [-0.2, -0.15) is 0 Å². The fourth-order valence-electron chi connectivity index (χ4n) is 18.9. The van der Waals surface area contributed by atoms with Crippen LogP contribution in [0.4, 0.5) is 0 Å². The Morgan fingerprint density at radius 3 is 0.732 bits per heavy atom. The summed E-state index contributed by atoms with van der Waals surface area (Å²) in [7, 11) is 0. The van der Waals surface area contributed by atoms with Crippen molar-refractivity contribution in [2.75, 3.05) is 0 Å². The van der Waals surface area contributed by atoms with Gasteiger partial charge in [0, 0.05) is 0 Å². The molecule has 0 aliphatic rings. The third-order valence-corrected chi connectivity index (χ3v) is 24.1. The highest BCUT2D eigenvalue weighted by molar-refractivity contribution is 6.30. The van der Waals surface area contributed by atoms with Crippen LogP contribution in [-0.4, -0.2) is 0 Å². The van der Waals surface area contributed by atoms with Crippen LogP contribution in [0, 0.1) is 6.92 Å². The third kappa shape index (κ3) is 14.9. The van der Waals surface area contributed by atoms with Crippen LogP contribution >= 0.6 is 0 Å². The van der Waals surface area contributed by atoms with Gasteiger partial charge >= 0.3 is 0 Å². The topological polar surface area (TPSA) is 0 Å². The average molecular weight is 1570 g/mol. The number of hydrogen-bond donors (Lipinski definition) is 0. The van der Waals surface area contributed by atoms with E-state index in [9.17, 15) is 0 Å². The van der Waals surface area contributed by atoms with Crippen molar-refractivity contribution in [1.82, 2.24) is 0 Å². The summed E-state index contributed by atoms with van der Waals surface area (Å²) in [5, 5.41) is 36.5. The number of fused-ring (bicyclic) bond motifs is 18. The molecule has 0 radical (unpaired) electrons. The molecule has 588 valence electrons. The normalized spacial score (nSPS) is 11.0. The molecule has 123 heavy (non-hydrogen) atoms. The zero-order valence-electron chi connectivity index (χ0n) is 70.8. The molecule has 0 spiro atoms. The summed E-state index contributed by atoms with van der Waals surface area (Å²) in [6.45, 7) is 14.3. The minimum atomic E-state index is 1.26. The highest BCUT2D eigenvalue weighted by Crippen LogP contribution is 2.50. The van der Waals surface area contributed by atoms with Gasteiger partial charge in [-0.25, -0.2) is 0 Å². The predicted molar refractivity (Wildman–Crippen MR) is 542 cm³/mol. The Balaban J connectivity index is 0.000000110. The molecule has 0 atom stereocenters. The van der Waals surface area contributed by atoms with E-state index in [1.54, 1.807) is 0 Å². The van der Waals surface area contributed by atoms with Gasteiger partial charge in [-0.3, -0.25) is 0 Å². The van der Waals surface area contributed by atoms with Crippen LogP contribution in [0.5, 0.6) is 0 Å². The van der Waals surface area contributed by atoms with Crippen molar-refractivity contribution < 1.29 is 0 Å². The number of hydrogen-bond acceptors (Lipinski definition) is 0. The van der Waals surface area contributed by atoms with E-state index < -0.39 is 0 Å². The predicted octanol–water partition coefficient (Wildman–Crippen LogP) is 36.3. The van der Waals surface area contributed by atoms with Crippen molar-refractivity contribution in [2.45, 2.75) is 48.5 Å². The molecule has 0 aliphatic carbocycles. The van der Waals surface area contributed by atoms with Crippen molar-refractivity contribution in [1.29, 1.82) is 0 Å². The maximum atomic E-state index is 2.34. The highest BCUT2D eigenvalue weighted by atomic mass is 14.3. The van der Waals surface area contributed by atoms with Gasteiger partial charge in [-0.1, -0.05) is 478 Å². The van der Waals surface area contributed by atoms with Crippen LogP contribution in [0.2, 0.25) is 0 Å². The van der Waals surface area contributed by atoms with Gasteiger partial charge < -0.3 is 0 Å². The Bertz CT molecular complexity index is 7740. The Morgan fingerprint density at radius 1 is 0.114 bits per heavy atom. The molecule has 0 aromatic heterocycles. The second kappa shape index (κ2) is 35.9. The molecular formula is C123H96. The van der Waals surface area contributed by atoms with Gasteiger partial charge in [0.2, 0.25) is 0 Å². The summed E-state index contributed by atoms with van der Waals surface area (Å²) in [6.07, 6.45) is 0. The summed E-state index contributed by atoms with van der Waals surface area (Å²) >= 11 is 0. The fraction of sp³-hybridized carbons (Fsp3) is 0.0569. The molecule has 0 unspecified atom stereocenters. The van der Waals surface area contributed by atoms with Crippen molar-refractivity contribution in [3.63, 3.8) is 0 Å². The number of rotatable bonds is 6.